The van der Waals surface area contributed by atoms with Gasteiger partial charge in [-0.2, -0.15) is 0 Å². The summed E-state index contributed by atoms with van der Waals surface area (Å²) in [5, 5.41) is 3.07. The zero-order valence-electron chi connectivity index (χ0n) is 35.6. The minimum Gasteiger partial charge on any atom is -0.474 e. The number of anilines is 4. The molecular formula is C46H62N8O4. The number of nitrogens with zero attached hydrogens (tertiary/aromatic N) is 7. The van der Waals surface area contributed by atoms with Crippen LogP contribution in [0.25, 0.3) is 0 Å². The number of aromatic nitrogens is 1. The van der Waals surface area contributed by atoms with E-state index in [4.69, 9.17) is 14.5 Å². The van der Waals surface area contributed by atoms with Crippen molar-refractivity contribution in [1.29, 1.82) is 0 Å². The maximum Gasteiger partial charge on any atom is 0.415 e. The molecule has 2 saturated heterocycles. The number of carbonyl (C=O) groups excluding carboxylic acids is 2. The van der Waals surface area contributed by atoms with Crippen LogP contribution < -0.4 is 24.8 Å². The van der Waals surface area contributed by atoms with E-state index in [9.17, 15) is 9.59 Å². The SMILES string of the molecule is C=N/C=C1/CCN(c2cnc3c(c2C)N(C(=O)OC(C)(C)C)CCO3)CC1=Nc1ccc(CC(=O)Nc2ccc(N3CCN(C(CC)CC(C)CC)CC3)cc2)cc1. The van der Waals surface area contributed by atoms with Crippen LogP contribution in [0.5, 0.6) is 5.88 Å². The summed E-state index contributed by atoms with van der Waals surface area (Å²) >= 11 is 0. The molecule has 0 spiro atoms. The number of rotatable bonds is 12. The summed E-state index contributed by atoms with van der Waals surface area (Å²) in [4.78, 5) is 49.0. The molecule has 0 aliphatic carbocycles. The van der Waals surface area contributed by atoms with E-state index in [2.05, 4.69) is 69.6 Å². The Labute approximate surface area is 345 Å². The Morgan fingerprint density at radius 3 is 2.36 bits per heavy atom. The van der Waals surface area contributed by atoms with Gasteiger partial charge in [0.2, 0.25) is 11.8 Å². The van der Waals surface area contributed by atoms with Gasteiger partial charge in [0.15, 0.2) is 0 Å². The first-order chi connectivity index (χ1) is 27.8. The largest absolute Gasteiger partial charge is 0.474 e. The van der Waals surface area contributed by atoms with Gasteiger partial charge in [0.05, 0.1) is 42.8 Å². The van der Waals surface area contributed by atoms with E-state index < -0.39 is 11.7 Å². The van der Waals surface area contributed by atoms with Crippen LogP contribution in [0.15, 0.2) is 76.5 Å². The molecule has 3 aliphatic rings. The molecule has 1 aromatic heterocycles. The molecule has 4 heterocycles. The highest BCUT2D eigenvalue weighted by Gasteiger charge is 2.33. The number of hydrogen-bond donors (Lipinski definition) is 1. The number of piperazine rings is 1. The molecule has 2 atom stereocenters. The summed E-state index contributed by atoms with van der Waals surface area (Å²) in [5.41, 5.74) is 7.30. The lowest BCUT2D eigenvalue weighted by atomic mass is 9.96. The molecule has 0 saturated carbocycles. The number of nitrogens with one attached hydrogen (secondary N) is 1. The van der Waals surface area contributed by atoms with Gasteiger partial charge in [-0.1, -0.05) is 39.3 Å². The van der Waals surface area contributed by atoms with E-state index in [1.165, 1.54) is 24.9 Å². The number of aliphatic imine (C=N–C) groups is 2. The van der Waals surface area contributed by atoms with Crippen molar-refractivity contribution in [3.05, 3.63) is 77.6 Å². The summed E-state index contributed by atoms with van der Waals surface area (Å²) in [6.07, 6.45) is 7.83. The Kier molecular flexibility index (Phi) is 13.9. The minimum absolute atomic E-state index is 0.0674. The molecule has 2 fully saturated rings. The van der Waals surface area contributed by atoms with Crippen molar-refractivity contribution in [3.8, 4) is 5.88 Å². The van der Waals surface area contributed by atoms with E-state index in [0.29, 0.717) is 50.3 Å². The average molecular weight is 791 g/mol. The summed E-state index contributed by atoms with van der Waals surface area (Å²) in [6.45, 7) is 24.4. The predicted molar refractivity (Wildman–Crippen MR) is 237 cm³/mol. The van der Waals surface area contributed by atoms with Gasteiger partial charge in [-0.05, 0) is 107 Å². The smallest absolute Gasteiger partial charge is 0.415 e. The van der Waals surface area contributed by atoms with E-state index >= 15 is 0 Å². The fourth-order valence-corrected chi connectivity index (χ4v) is 8.01. The zero-order chi connectivity index (χ0) is 41.4. The second-order valence-electron chi connectivity index (χ2n) is 16.7. The normalized spacial score (nSPS) is 18.7. The van der Waals surface area contributed by atoms with E-state index in [-0.39, 0.29) is 12.3 Å². The molecule has 0 radical (unpaired) electrons. The number of amides is 2. The summed E-state index contributed by atoms with van der Waals surface area (Å²) in [6, 6.07) is 16.7. The number of fused-ring (bicyclic) bond motifs is 1. The van der Waals surface area contributed by atoms with Crippen LogP contribution in [0.2, 0.25) is 0 Å². The van der Waals surface area contributed by atoms with E-state index in [1.807, 2.05) is 64.1 Å². The van der Waals surface area contributed by atoms with E-state index in [1.54, 1.807) is 17.3 Å². The first kappa shape index (κ1) is 42.4. The molecular weight excluding hydrogens is 729 g/mol. The Balaban J connectivity index is 1.06. The van der Waals surface area contributed by atoms with Crippen molar-refractivity contribution in [1.82, 2.24) is 9.88 Å². The van der Waals surface area contributed by atoms with Crippen LogP contribution in [0.4, 0.5) is 33.2 Å². The summed E-state index contributed by atoms with van der Waals surface area (Å²) < 4.78 is 11.6. The van der Waals surface area contributed by atoms with Gasteiger partial charge in [0, 0.05) is 61.9 Å². The Morgan fingerprint density at radius 1 is 0.983 bits per heavy atom. The van der Waals surface area contributed by atoms with Crippen molar-refractivity contribution in [2.45, 2.75) is 92.2 Å². The molecule has 3 aromatic rings. The number of benzene rings is 2. The molecule has 12 nitrogen and oxygen atoms in total. The molecule has 3 aliphatic heterocycles. The lowest BCUT2D eigenvalue weighted by Crippen LogP contribution is -2.50. The monoisotopic (exact) mass is 790 g/mol. The molecule has 1 N–H and O–H groups in total. The lowest BCUT2D eigenvalue weighted by molar-refractivity contribution is -0.115. The highest BCUT2D eigenvalue weighted by atomic mass is 16.6. The second-order valence-corrected chi connectivity index (χ2v) is 16.7. The Bertz CT molecular complexity index is 1960. The van der Waals surface area contributed by atoms with Crippen molar-refractivity contribution < 1.29 is 19.1 Å². The minimum atomic E-state index is -0.631. The van der Waals surface area contributed by atoms with E-state index in [0.717, 1.165) is 71.6 Å². The summed E-state index contributed by atoms with van der Waals surface area (Å²) in [7, 11) is 0. The maximum atomic E-state index is 13.2. The number of piperidine rings is 1. The number of pyridine rings is 1. The third kappa shape index (κ3) is 10.6. The second kappa shape index (κ2) is 19.0. The first-order valence-corrected chi connectivity index (χ1v) is 20.9. The molecule has 2 aromatic carbocycles. The Hall–Kier alpha value is -5.23. The van der Waals surface area contributed by atoms with Crippen molar-refractivity contribution >= 4 is 52.9 Å². The quantitative estimate of drug-likeness (QED) is 0.182. The lowest BCUT2D eigenvalue weighted by Gasteiger charge is -2.40. The molecule has 6 rings (SSSR count). The van der Waals surface area contributed by atoms with Crippen molar-refractivity contribution in [3.63, 3.8) is 0 Å². The van der Waals surface area contributed by atoms with Gasteiger partial charge in [0.25, 0.3) is 0 Å². The number of carbonyl (C=O) groups is 2. The van der Waals surface area contributed by atoms with Crippen LogP contribution in [0, 0.1) is 12.8 Å². The third-order valence-corrected chi connectivity index (χ3v) is 11.4. The predicted octanol–water partition coefficient (Wildman–Crippen LogP) is 8.61. The summed E-state index contributed by atoms with van der Waals surface area (Å²) in [5.74, 6) is 1.12. The highest BCUT2D eigenvalue weighted by molar-refractivity contribution is 6.06. The molecule has 12 heteroatoms. The fraction of sp³-hybridized carbons (Fsp3) is 0.500. The molecule has 2 unspecified atom stereocenters. The Morgan fingerprint density at radius 2 is 1.71 bits per heavy atom. The maximum absolute atomic E-state index is 13.2. The van der Waals surface area contributed by atoms with Crippen LogP contribution >= 0.6 is 0 Å². The highest BCUT2D eigenvalue weighted by Crippen LogP contribution is 2.39. The number of ether oxygens (including phenoxy) is 2. The van der Waals surface area contributed by atoms with Gasteiger partial charge in [0.1, 0.15) is 17.9 Å². The van der Waals surface area contributed by atoms with Crippen molar-refractivity contribution in [2.75, 3.05) is 72.4 Å². The number of hydrogen-bond acceptors (Lipinski definition) is 10. The van der Waals surface area contributed by atoms with Gasteiger partial charge in [-0.25, -0.2) is 9.78 Å². The topological polar surface area (TPSA) is 115 Å². The first-order valence-electron chi connectivity index (χ1n) is 20.9. The van der Waals surface area contributed by atoms with Crippen LogP contribution in [-0.4, -0.2) is 98.4 Å². The van der Waals surface area contributed by atoms with Gasteiger partial charge in [-0.15, -0.1) is 0 Å². The van der Waals surface area contributed by atoms with Gasteiger partial charge >= 0.3 is 6.09 Å². The zero-order valence-corrected chi connectivity index (χ0v) is 35.6. The standard InChI is InChI=1S/C46H62N8O4/c1-9-32(3)27-38(10-2)51-21-23-52(24-22-51)39-17-15-37(16-18-39)50-42(55)28-34-11-13-36(14-12-34)49-40-31-53(20-19-35(40)29-47-8)41-30-48-44-43(33(41)4)54(25-26-57-44)45(56)58-46(5,6)7/h11-18,29-30,32,38H,8-10,19-28,31H2,1-7H3,(H,50,55)/b35-29-,49-40?. The fourth-order valence-electron chi connectivity index (χ4n) is 8.01. The molecule has 58 heavy (non-hydrogen) atoms. The van der Waals surface area contributed by atoms with Crippen LogP contribution in [0.1, 0.15) is 78.4 Å². The van der Waals surface area contributed by atoms with Gasteiger partial charge in [-0.3, -0.25) is 24.6 Å². The van der Waals surface area contributed by atoms with Crippen LogP contribution in [-0.2, 0) is 16.0 Å². The average Bonchev–Trinajstić information content (AvgIpc) is 3.21. The molecule has 310 valence electrons. The van der Waals surface area contributed by atoms with Crippen molar-refractivity contribution in [2.24, 2.45) is 15.9 Å². The van der Waals surface area contributed by atoms with Gasteiger partial charge < -0.3 is 24.6 Å². The molecule has 2 amide bonds. The molecule has 0 bridgehead atoms. The van der Waals surface area contributed by atoms with Crippen LogP contribution in [0.3, 0.4) is 0 Å². The third-order valence-electron chi connectivity index (χ3n) is 11.4.